The Morgan fingerprint density at radius 2 is 1.49 bits per heavy atom. The summed E-state index contributed by atoms with van der Waals surface area (Å²) in [6, 6.07) is 33.3. The van der Waals surface area contributed by atoms with E-state index in [4.69, 9.17) is 23.2 Å². The molecule has 0 spiro atoms. The molecule has 0 aliphatic rings. The summed E-state index contributed by atoms with van der Waals surface area (Å²) in [5.74, 6) is -0.650. The molecule has 4 aromatic carbocycles. The number of nitrogens with one attached hydrogen (secondary N) is 1. The molecule has 1 amide bonds. The molecule has 37 heavy (non-hydrogen) atoms. The van der Waals surface area contributed by atoms with Gasteiger partial charge in [0.05, 0.1) is 22.2 Å². The van der Waals surface area contributed by atoms with Gasteiger partial charge in [-0.2, -0.15) is 5.10 Å². The molecule has 0 saturated heterocycles. The van der Waals surface area contributed by atoms with Gasteiger partial charge in [-0.1, -0.05) is 108 Å². The first-order valence-electron chi connectivity index (χ1n) is 12.0. The van der Waals surface area contributed by atoms with E-state index in [9.17, 15) is 4.79 Å². The molecule has 1 aromatic heterocycles. The maximum absolute atomic E-state index is 13.3. The molecule has 0 aliphatic heterocycles. The minimum Gasteiger partial charge on any atom is -0.340 e. The van der Waals surface area contributed by atoms with Crippen molar-refractivity contribution in [1.29, 1.82) is 0 Å². The molecular formula is C31H25Cl2N3O. The third-order valence-electron chi connectivity index (χ3n) is 6.50. The number of amides is 1. The molecule has 184 valence electrons. The van der Waals surface area contributed by atoms with Crippen LogP contribution in [-0.2, 0) is 11.3 Å². The topological polar surface area (TPSA) is 46.4 Å². The van der Waals surface area contributed by atoms with Crippen LogP contribution in [0, 0.1) is 6.92 Å². The fourth-order valence-electron chi connectivity index (χ4n) is 4.66. The minimum atomic E-state index is -0.461. The summed E-state index contributed by atoms with van der Waals surface area (Å²) in [6.45, 7) is 2.69. The summed E-state index contributed by atoms with van der Waals surface area (Å²) in [6.07, 6.45) is 1.73. The molecule has 0 bridgehead atoms. The SMILES string of the molecule is Cc1c(/C=N\NC(=O)C(c2ccccc2)c2ccccc2)c2ccccc2n1Cc1ccc(Cl)c(Cl)c1. The smallest absolute Gasteiger partial charge is 0.252 e. The Morgan fingerprint density at radius 3 is 2.14 bits per heavy atom. The number of para-hydroxylation sites is 1. The van der Waals surface area contributed by atoms with Crippen molar-refractivity contribution < 1.29 is 4.79 Å². The minimum absolute atomic E-state index is 0.189. The molecule has 1 N–H and O–H groups in total. The van der Waals surface area contributed by atoms with Gasteiger partial charge in [0.1, 0.15) is 0 Å². The Labute approximate surface area is 226 Å². The van der Waals surface area contributed by atoms with Crippen molar-refractivity contribution in [3.63, 3.8) is 0 Å². The average Bonchev–Trinajstić information content (AvgIpc) is 3.18. The van der Waals surface area contributed by atoms with Gasteiger partial charge in [0.25, 0.3) is 5.91 Å². The van der Waals surface area contributed by atoms with E-state index >= 15 is 0 Å². The number of carbonyl (C=O) groups excluding carboxylic acids is 1. The molecule has 0 fully saturated rings. The van der Waals surface area contributed by atoms with Crippen LogP contribution in [0.1, 0.15) is 33.9 Å². The largest absolute Gasteiger partial charge is 0.340 e. The Morgan fingerprint density at radius 1 is 0.865 bits per heavy atom. The lowest BCUT2D eigenvalue weighted by Gasteiger charge is -2.16. The number of halogens is 2. The van der Waals surface area contributed by atoms with Gasteiger partial charge >= 0.3 is 0 Å². The molecule has 5 rings (SSSR count). The number of carbonyl (C=O) groups is 1. The van der Waals surface area contributed by atoms with Crippen LogP contribution in [0.4, 0.5) is 0 Å². The van der Waals surface area contributed by atoms with Crippen molar-refractivity contribution in [2.24, 2.45) is 5.10 Å². The van der Waals surface area contributed by atoms with Crippen LogP contribution >= 0.6 is 23.2 Å². The van der Waals surface area contributed by atoms with Crippen LogP contribution in [-0.4, -0.2) is 16.7 Å². The second kappa shape index (κ2) is 11.0. The van der Waals surface area contributed by atoms with Gasteiger partial charge in [0.15, 0.2) is 0 Å². The van der Waals surface area contributed by atoms with Crippen LogP contribution in [0.5, 0.6) is 0 Å². The van der Waals surface area contributed by atoms with Crippen LogP contribution in [0.15, 0.2) is 108 Å². The second-order valence-electron chi connectivity index (χ2n) is 8.84. The van der Waals surface area contributed by atoms with Gasteiger partial charge < -0.3 is 4.57 Å². The third kappa shape index (κ3) is 5.31. The molecule has 0 radical (unpaired) electrons. The van der Waals surface area contributed by atoms with E-state index in [-0.39, 0.29) is 5.91 Å². The lowest BCUT2D eigenvalue weighted by Crippen LogP contribution is -2.26. The molecule has 4 nitrogen and oxygen atoms in total. The van der Waals surface area contributed by atoms with Crippen molar-refractivity contribution in [3.05, 3.63) is 141 Å². The lowest BCUT2D eigenvalue weighted by molar-refractivity contribution is -0.121. The molecule has 5 aromatic rings. The van der Waals surface area contributed by atoms with Crippen molar-refractivity contribution in [1.82, 2.24) is 9.99 Å². The first-order valence-corrected chi connectivity index (χ1v) is 12.7. The number of nitrogens with zero attached hydrogens (tertiary/aromatic N) is 2. The number of rotatable bonds is 7. The zero-order chi connectivity index (χ0) is 25.8. The van der Waals surface area contributed by atoms with Gasteiger partial charge in [-0.15, -0.1) is 0 Å². The highest BCUT2D eigenvalue weighted by molar-refractivity contribution is 6.42. The maximum atomic E-state index is 13.3. The molecule has 0 atom stereocenters. The lowest BCUT2D eigenvalue weighted by atomic mass is 9.91. The van der Waals surface area contributed by atoms with E-state index < -0.39 is 5.92 Å². The molecule has 0 aliphatic carbocycles. The number of hydrazone groups is 1. The summed E-state index contributed by atoms with van der Waals surface area (Å²) < 4.78 is 2.22. The number of aromatic nitrogens is 1. The van der Waals surface area contributed by atoms with Crippen LogP contribution in [0.3, 0.4) is 0 Å². The number of hydrogen-bond donors (Lipinski definition) is 1. The Kier molecular flexibility index (Phi) is 7.40. The number of benzene rings is 4. The highest BCUT2D eigenvalue weighted by atomic mass is 35.5. The monoisotopic (exact) mass is 525 g/mol. The molecule has 1 heterocycles. The van der Waals surface area contributed by atoms with Crippen molar-refractivity contribution >= 4 is 46.2 Å². The van der Waals surface area contributed by atoms with Crippen molar-refractivity contribution in [2.45, 2.75) is 19.4 Å². The van der Waals surface area contributed by atoms with Crippen LogP contribution in [0.2, 0.25) is 10.0 Å². The number of fused-ring (bicyclic) bond motifs is 1. The molecule has 6 heteroatoms. The van der Waals surface area contributed by atoms with E-state index in [0.29, 0.717) is 16.6 Å². The predicted octanol–water partition coefficient (Wildman–Crippen LogP) is 7.59. The average molecular weight is 526 g/mol. The molecular weight excluding hydrogens is 501 g/mol. The first-order chi connectivity index (χ1) is 18.0. The first kappa shape index (κ1) is 24.8. The van der Waals surface area contributed by atoms with E-state index in [1.54, 1.807) is 6.21 Å². The maximum Gasteiger partial charge on any atom is 0.252 e. The predicted molar refractivity (Wildman–Crippen MR) is 153 cm³/mol. The van der Waals surface area contributed by atoms with Gasteiger partial charge in [-0.3, -0.25) is 4.79 Å². The standard InChI is InChI=1S/C31H25Cl2N3O/c1-21-26(25-14-8-9-15-29(25)36(21)20-22-16-17-27(32)28(33)18-22)19-34-35-31(37)30(23-10-4-2-5-11-23)24-12-6-3-7-13-24/h2-19,30H,20H2,1H3,(H,35,37)/b34-19-. The zero-order valence-electron chi connectivity index (χ0n) is 20.2. The highest BCUT2D eigenvalue weighted by Crippen LogP contribution is 2.28. The summed E-state index contributed by atoms with van der Waals surface area (Å²) >= 11 is 12.4. The van der Waals surface area contributed by atoms with Crippen LogP contribution < -0.4 is 5.43 Å². The summed E-state index contributed by atoms with van der Waals surface area (Å²) in [5.41, 5.74) is 8.71. The zero-order valence-corrected chi connectivity index (χ0v) is 21.7. The third-order valence-corrected chi connectivity index (χ3v) is 7.24. The normalized spacial score (nSPS) is 11.5. The molecule has 0 saturated carbocycles. The van der Waals surface area contributed by atoms with E-state index in [2.05, 4.69) is 34.2 Å². The fourth-order valence-corrected chi connectivity index (χ4v) is 4.98. The van der Waals surface area contributed by atoms with Gasteiger partial charge in [0, 0.05) is 28.7 Å². The van der Waals surface area contributed by atoms with Crippen molar-refractivity contribution in [3.8, 4) is 0 Å². The highest BCUT2D eigenvalue weighted by Gasteiger charge is 2.22. The van der Waals surface area contributed by atoms with E-state index in [1.165, 1.54) is 0 Å². The summed E-state index contributed by atoms with van der Waals surface area (Å²) in [5, 5.41) is 6.52. The van der Waals surface area contributed by atoms with E-state index in [0.717, 1.165) is 38.9 Å². The van der Waals surface area contributed by atoms with Crippen molar-refractivity contribution in [2.75, 3.05) is 0 Å². The van der Waals surface area contributed by atoms with E-state index in [1.807, 2.05) is 91.0 Å². The second-order valence-corrected chi connectivity index (χ2v) is 9.65. The Hall–Kier alpha value is -3.86. The number of hydrogen-bond acceptors (Lipinski definition) is 2. The van der Waals surface area contributed by atoms with Gasteiger partial charge in [-0.25, -0.2) is 5.43 Å². The summed E-state index contributed by atoms with van der Waals surface area (Å²) in [7, 11) is 0. The quantitative estimate of drug-likeness (QED) is 0.172. The Bertz CT molecular complexity index is 1540. The van der Waals surface area contributed by atoms with Gasteiger partial charge in [-0.05, 0) is 41.8 Å². The van der Waals surface area contributed by atoms with Gasteiger partial charge in [0.2, 0.25) is 0 Å². The Balaban J connectivity index is 1.44. The van der Waals surface area contributed by atoms with Crippen LogP contribution in [0.25, 0.3) is 10.9 Å². The summed E-state index contributed by atoms with van der Waals surface area (Å²) in [4.78, 5) is 13.3. The fraction of sp³-hybridized carbons (Fsp3) is 0.0968. The molecule has 0 unspecified atom stereocenters.